The molecule has 0 saturated carbocycles. The smallest absolute Gasteiger partial charge is 0.790 e. The van der Waals surface area contributed by atoms with E-state index >= 15 is 0 Å². The molecule has 11 heteroatoms. The number of hydrogen-bond acceptors (Lipinski definition) is 5. The Balaban J connectivity index is -0.0000000221. The molecule has 0 aliphatic carbocycles. The van der Waals surface area contributed by atoms with E-state index in [2.05, 4.69) is 0 Å². The second-order valence-corrected chi connectivity index (χ2v) is 1.67. The summed E-state index contributed by atoms with van der Waals surface area (Å²) in [6, 6.07) is 0. The Morgan fingerprint density at radius 1 is 1.17 bits per heavy atom. The van der Waals surface area contributed by atoms with E-state index in [0.717, 1.165) is 0 Å². The van der Waals surface area contributed by atoms with Gasteiger partial charge in [0.1, 0.15) is 0 Å². The molecular formula is CH2Na3O7P. The molecule has 0 unspecified atom stereocenters. The van der Waals surface area contributed by atoms with Crippen molar-refractivity contribution in [2.75, 3.05) is 0 Å². The molecule has 12 heavy (non-hydrogen) atoms. The maximum Gasteiger partial charge on any atom is 1.00 e. The monoisotopic (exact) mass is 226 g/mol. The van der Waals surface area contributed by atoms with Crippen molar-refractivity contribution in [1.29, 1.82) is 0 Å². The van der Waals surface area contributed by atoms with E-state index in [9.17, 15) is 0 Å². The van der Waals surface area contributed by atoms with E-state index in [0.29, 0.717) is 0 Å². The van der Waals surface area contributed by atoms with Gasteiger partial charge in [-0.1, -0.05) is 0 Å². The van der Waals surface area contributed by atoms with Crippen LogP contribution in [0.2, 0.25) is 0 Å². The predicted molar refractivity (Wildman–Crippen MR) is 17.9 cm³/mol. The third kappa shape index (κ3) is 283. The summed E-state index contributed by atoms with van der Waals surface area (Å²) >= 11 is 0. The molecule has 0 fully saturated rings. The molecule has 0 saturated heterocycles. The van der Waals surface area contributed by atoms with Crippen LogP contribution in [0.25, 0.3) is 0 Å². The molecule has 0 atom stereocenters. The minimum Gasteiger partial charge on any atom is -0.790 e. The van der Waals surface area contributed by atoms with Crippen molar-refractivity contribution in [3.05, 3.63) is 0 Å². The second kappa shape index (κ2) is 15.8. The maximum atomic E-state index is 8.66. The first-order chi connectivity index (χ1) is 3.73. The average molecular weight is 226 g/mol. The van der Waals surface area contributed by atoms with E-state index in [1.165, 1.54) is 0 Å². The Labute approximate surface area is 135 Å². The maximum absolute atomic E-state index is 8.66. The van der Waals surface area contributed by atoms with Crippen LogP contribution in [0.3, 0.4) is 0 Å². The average Bonchev–Trinajstić information content (AvgIpc) is 1.19. The summed E-state index contributed by atoms with van der Waals surface area (Å²) in [5.74, 6) is 0. The van der Waals surface area contributed by atoms with Crippen LogP contribution in [0.5, 0.6) is 0 Å². The number of carbonyl (C=O) groups is 1. The van der Waals surface area contributed by atoms with Crippen molar-refractivity contribution in [1.82, 2.24) is 0 Å². The molecule has 7 nitrogen and oxygen atoms in total. The fourth-order valence-electron chi connectivity index (χ4n) is 0. The van der Waals surface area contributed by atoms with E-state index in [-0.39, 0.29) is 88.7 Å². The Bertz CT molecular complexity index is 118. The van der Waals surface area contributed by atoms with Crippen LogP contribution in [-0.2, 0) is 4.57 Å². The zero-order valence-electron chi connectivity index (χ0n) is 6.88. The topological polar surface area (TPSA) is 144 Å². The molecule has 0 bridgehead atoms. The van der Waals surface area contributed by atoms with Crippen LogP contribution in [0.15, 0.2) is 0 Å². The van der Waals surface area contributed by atoms with Gasteiger partial charge in [0.25, 0.3) is 0 Å². The first-order valence-corrected chi connectivity index (χ1v) is 2.88. The van der Waals surface area contributed by atoms with Gasteiger partial charge in [0.05, 0.1) is 7.82 Å². The predicted octanol–water partition coefficient (Wildman–Crippen LogP) is -12.3. The first-order valence-electron chi connectivity index (χ1n) is 1.38. The van der Waals surface area contributed by atoms with Crippen molar-refractivity contribution < 1.29 is 123 Å². The zero-order chi connectivity index (χ0) is 8.08. The van der Waals surface area contributed by atoms with Gasteiger partial charge in [-0.05, 0) is 0 Å². The minimum atomic E-state index is -5.14. The number of carboxylic acid groups (broad SMARTS) is 2. The van der Waals surface area contributed by atoms with E-state index in [1.54, 1.807) is 0 Å². The van der Waals surface area contributed by atoms with Crippen LogP contribution in [0, 0.1) is 0 Å². The Hall–Kier alpha value is 2.38. The molecule has 0 aromatic rings. The van der Waals surface area contributed by atoms with E-state index in [1.807, 2.05) is 0 Å². The van der Waals surface area contributed by atoms with Gasteiger partial charge in [-0.2, -0.15) is 0 Å². The molecule has 0 aromatic heterocycles. The fourth-order valence-corrected chi connectivity index (χ4v) is 0. The molecule has 0 aliphatic heterocycles. The van der Waals surface area contributed by atoms with Crippen molar-refractivity contribution in [2.45, 2.75) is 0 Å². The Kier molecular flexibility index (Phi) is 38.6. The Morgan fingerprint density at radius 2 is 1.17 bits per heavy atom. The summed E-state index contributed by atoms with van der Waals surface area (Å²) in [5.41, 5.74) is 0. The summed E-state index contributed by atoms with van der Waals surface area (Å²) in [6.45, 7) is 0. The van der Waals surface area contributed by atoms with E-state index in [4.69, 9.17) is 34.3 Å². The van der Waals surface area contributed by atoms with Crippen LogP contribution < -0.4 is 104 Å². The van der Waals surface area contributed by atoms with Gasteiger partial charge >= 0.3 is 88.7 Å². The quantitative estimate of drug-likeness (QED) is 0.308. The third-order valence-electron chi connectivity index (χ3n) is 0. The molecular weight excluding hydrogens is 224 g/mol. The van der Waals surface area contributed by atoms with Crippen LogP contribution in [0.1, 0.15) is 0 Å². The van der Waals surface area contributed by atoms with Gasteiger partial charge in [0.15, 0.2) is 0 Å². The van der Waals surface area contributed by atoms with Gasteiger partial charge in [-0.25, -0.2) is 0 Å². The zero-order valence-corrected chi connectivity index (χ0v) is 13.8. The summed E-state index contributed by atoms with van der Waals surface area (Å²) in [7, 11) is -5.14. The summed E-state index contributed by atoms with van der Waals surface area (Å²) in [5, 5.41) is 15.3. The summed E-state index contributed by atoms with van der Waals surface area (Å²) < 4.78 is 8.66. The third-order valence-corrected chi connectivity index (χ3v) is 0. The second-order valence-electron chi connectivity index (χ2n) is 0.734. The molecule has 0 aromatic carbocycles. The fraction of sp³-hybridized carbons (Fsp3) is 0. The molecule has 0 amide bonds. The SMILES string of the molecule is O=C([O-])O.O=P([O-])([O-])O.[Na+].[Na+].[Na+]. The standard InChI is InChI=1S/CH2O3.3Na.H3O4P/c2-1(3)4;;;;1-5(2,3)4/h(H2,2,3,4);;;;(H3,1,2,3,4)/q;3*+1;/p-3. The van der Waals surface area contributed by atoms with Gasteiger partial charge < -0.3 is 34.3 Å². The van der Waals surface area contributed by atoms with Crippen molar-refractivity contribution in [3.8, 4) is 0 Å². The molecule has 0 radical (unpaired) electrons. The van der Waals surface area contributed by atoms with Gasteiger partial charge in [-0.15, -0.1) is 0 Å². The van der Waals surface area contributed by atoms with Crippen LogP contribution in [0.4, 0.5) is 4.79 Å². The largest absolute Gasteiger partial charge is 1.00 e. The molecule has 0 rings (SSSR count). The van der Waals surface area contributed by atoms with Crippen LogP contribution >= 0.6 is 7.82 Å². The molecule has 0 spiro atoms. The van der Waals surface area contributed by atoms with Gasteiger partial charge in [-0.3, -0.25) is 0 Å². The summed E-state index contributed by atoms with van der Waals surface area (Å²) in [4.78, 5) is 32.7. The molecule has 2 N–H and O–H groups in total. The van der Waals surface area contributed by atoms with Gasteiger partial charge in [0.2, 0.25) is 6.16 Å². The van der Waals surface area contributed by atoms with Gasteiger partial charge in [0, 0.05) is 0 Å². The number of rotatable bonds is 0. The molecule has 56 valence electrons. The molecule has 0 aliphatic rings. The summed E-state index contributed by atoms with van der Waals surface area (Å²) in [6.07, 6.45) is -2.08. The van der Waals surface area contributed by atoms with Crippen molar-refractivity contribution in [3.63, 3.8) is 0 Å². The van der Waals surface area contributed by atoms with Crippen molar-refractivity contribution in [2.24, 2.45) is 0 Å². The minimum absolute atomic E-state index is 0. The van der Waals surface area contributed by atoms with Crippen LogP contribution in [-0.4, -0.2) is 16.2 Å². The first kappa shape index (κ1) is 29.3. The normalized spacial score (nSPS) is 6.92. The number of phosphoric acid groups is 1. The number of hydrogen-bond donors (Lipinski definition) is 2. The van der Waals surface area contributed by atoms with Crippen molar-refractivity contribution >= 4 is 14.0 Å². The molecule has 0 heterocycles. The van der Waals surface area contributed by atoms with E-state index < -0.39 is 14.0 Å². The Morgan fingerprint density at radius 3 is 1.17 bits per heavy atom.